The molecule has 2 atom stereocenters. The van der Waals surface area contributed by atoms with Crippen LogP contribution < -0.4 is 5.73 Å². The van der Waals surface area contributed by atoms with Crippen molar-refractivity contribution >= 4 is 22.4 Å². The van der Waals surface area contributed by atoms with Gasteiger partial charge >= 0.3 is 0 Å². The summed E-state index contributed by atoms with van der Waals surface area (Å²) in [7, 11) is -3.50. The maximum Gasteiger partial charge on any atom is 0.243 e. The number of aryl methyl sites for hydroxylation is 1. The van der Waals surface area contributed by atoms with Gasteiger partial charge in [0, 0.05) is 25.0 Å². The number of sulfonamides is 1. The molecule has 1 fully saturated rings. The minimum Gasteiger partial charge on any atom is -0.326 e. The number of halogens is 1. The highest BCUT2D eigenvalue weighted by Crippen LogP contribution is 2.31. The molecule has 2 N–H and O–H groups in total. The lowest BCUT2D eigenvalue weighted by Crippen LogP contribution is -2.32. The number of hydrogen-bond acceptors (Lipinski definition) is 3. The highest BCUT2D eigenvalue weighted by Gasteiger charge is 2.38. The van der Waals surface area contributed by atoms with E-state index < -0.39 is 10.0 Å². The SMILES string of the molecule is CCc1ccccc1S(=O)(=O)N1C[C@@H](N)[C@H](c2ccccc2)C1.Cl. The van der Waals surface area contributed by atoms with E-state index in [9.17, 15) is 8.42 Å². The zero-order chi connectivity index (χ0) is 16.4. The molecular weight excluding hydrogens is 344 g/mol. The fourth-order valence-corrected chi connectivity index (χ4v) is 5.03. The molecule has 3 rings (SSSR count). The smallest absolute Gasteiger partial charge is 0.243 e. The molecule has 6 heteroatoms. The van der Waals surface area contributed by atoms with Gasteiger partial charge in [-0.05, 0) is 23.6 Å². The van der Waals surface area contributed by atoms with Crippen molar-refractivity contribution in [2.75, 3.05) is 13.1 Å². The summed E-state index contributed by atoms with van der Waals surface area (Å²) < 4.78 is 27.5. The summed E-state index contributed by atoms with van der Waals surface area (Å²) in [4.78, 5) is 0.406. The summed E-state index contributed by atoms with van der Waals surface area (Å²) in [6.45, 7) is 2.77. The lowest BCUT2D eigenvalue weighted by atomic mass is 9.95. The zero-order valence-corrected chi connectivity index (χ0v) is 15.3. The number of hydrogen-bond donors (Lipinski definition) is 1. The van der Waals surface area contributed by atoms with E-state index in [2.05, 4.69) is 0 Å². The van der Waals surface area contributed by atoms with Crippen LogP contribution in [0, 0.1) is 0 Å². The molecule has 0 aromatic heterocycles. The molecule has 0 amide bonds. The molecule has 2 aromatic carbocycles. The first kappa shape index (κ1) is 18.9. The molecule has 0 saturated carbocycles. The Morgan fingerprint density at radius 1 is 1.04 bits per heavy atom. The summed E-state index contributed by atoms with van der Waals surface area (Å²) in [5, 5.41) is 0. The Morgan fingerprint density at radius 3 is 2.33 bits per heavy atom. The fraction of sp³-hybridized carbons (Fsp3) is 0.333. The largest absolute Gasteiger partial charge is 0.326 e. The van der Waals surface area contributed by atoms with Crippen LogP contribution in [-0.2, 0) is 16.4 Å². The van der Waals surface area contributed by atoms with Crippen molar-refractivity contribution < 1.29 is 8.42 Å². The second kappa shape index (κ2) is 7.66. The van der Waals surface area contributed by atoms with Crippen molar-refractivity contribution in [3.8, 4) is 0 Å². The third-order valence-electron chi connectivity index (χ3n) is 4.53. The minimum atomic E-state index is -3.50. The summed E-state index contributed by atoms with van der Waals surface area (Å²) >= 11 is 0. The molecule has 0 unspecified atom stereocenters. The van der Waals surface area contributed by atoms with E-state index in [0.29, 0.717) is 24.4 Å². The van der Waals surface area contributed by atoms with Crippen molar-refractivity contribution in [2.24, 2.45) is 5.73 Å². The molecule has 0 bridgehead atoms. The van der Waals surface area contributed by atoms with E-state index >= 15 is 0 Å². The van der Waals surface area contributed by atoms with Crippen molar-refractivity contribution in [1.29, 1.82) is 0 Å². The average molecular weight is 367 g/mol. The Bertz CT molecular complexity index is 781. The predicted molar refractivity (Wildman–Crippen MR) is 99.0 cm³/mol. The van der Waals surface area contributed by atoms with Gasteiger partial charge in [-0.3, -0.25) is 0 Å². The van der Waals surface area contributed by atoms with Gasteiger partial charge in [0.2, 0.25) is 10.0 Å². The summed E-state index contributed by atoms with van der Waals surface area (Å²) in [5.41, 5.74) is 8.19. The first-order chi connectivity index (χ1) is 11.0. The van der Waals surface area contributed by atoms with Gasteiger partial charge in [-0.25, -0.2) is 8.42 Å². The summed E-state index contributed by atoms with van der Waals surface area (Å²) in [6, 6.07) is 16.9. The van der Waals surface area contributed by atoms with Crippen LogP contribution in [0.4, 0.5) is 0 Å². The molecule has 24 heavy (non-hydrogen) atoms. The first-order valence-corrected chi connectivity index (χ1v) is 9.36. The van der Waals surface area contributed by atoms with Gasteiger partial charge in [0.1, 0.15) is 0 Å². The molecule has 0 aliphatic carbocycles. The van der Waals surface area contributed by atoms with Gasteiger partial charge in [-0.15, -0.1) is 12.4 Å². The van der Waals surface area contributed by atoms with Crippen molar-refractivity contribution in [3.05, 3.63) is 65.7 Å². The van der Waals surface area contributed by atoms with Crippen LogP contribution in [0.2, 0.25) is 0 Å². The molecule has 0 radical (unpaired) electrons. The maximum atomic E-state index is 13.0. The molecule has 4 nitrogen and oxygen atoms in total. The second-order valence-electron chi connectivity index (χ2n) is 5.96. The third kappa shape index (κ3) is 3.49. The van der Waals surface area contributed by atoms with Gasteiger partial charge in [0.15, 0.2) is 0 Å². The Labute approximate surface area is 150 Å². The van der Waals surface area contributed by atoms with Crippen LogP contribution in [0.1, 0.15) is 24.0 Å². The summed E-state index contributed by atoms with van der Waals surface area (Å²) in [6.07, 6.45) is 0.692. The maximum absolute atomic E-state index is 13.0. The highest BCUT2D eigenvalue weighted by atomic mass is 35.5. The fourth-order valence-electron chi connectivity index (χ4n) is 3.23. The number of rotatable bonds is 4. The van der Waals surface area contributed by atoms with Crippen LogP contribution in [0.25, 0.3) is 0 Å². The average Bonchev–Trinajstić information content (AvgIpc) is 2.98. The van der Waals surface area contributed by atoms with Gasteiger partial charge in [0.05, 0.1) is 4.90 Å². The first-order valence-electron chi connectivity index (χ1n) is 7.92. The molecule has 1 heterocycles. The van der Waals surface area contributed by atoms with Gasteiger partial charge in [0.25, 0.3) is 0 Å². The highest BCUT2D eigenvalue weighted by molar-refractivity contribution is 7.89. The lowest BCUT2D eigenvalue weighted by molar-refractivity contribution is 0.469. The van der Waals surface area contributed by atoms with E-state index in [1.165, 1.54) is 4.31 Å². The van der Waals surface area contributed by atoms with Gasteiger partial charge in [-0.2, -0.15) is 4.31 Å². The summed E-state index contributed by atoms with van der Waals surface area (Å²) in [5.74, 6) is 0.0414. The molecule has 2 aromatic rings. The number of benzene rings is 2. The third-order valence-corrected chi connectivity index (χ3v) is 6.46. The van der Waals surface area contributed by atoms with Crippen LogP contribution in [0.5, 0.6) is 0 Å². The molecule has 1 saturated heterocycles. The van der Waals surface area contributed by atoms with E-state index in [1.807, 2.05) is 49.4 Å². The Hall–Kier alpha value is -1.40. The van der Waals surface area contributed by atoms with Crippen molar-refractivity contribution in [3.63, 3.8) is 0 Å². The Kier molecular flexibility index (Phi) is 6.04. The Balaban J connectivity index is 0.00000208. The van der Waals surface area contributed by atoms with Crippen LogP contribution in [0.3, 0.4) is 0 Å². The van der Waals surface area contributed by atoms with Crippen molar-refractivity contribution in [1.82, 2.24) is 4.31 Å². The van der Waals surface area contributed by atoms with E-state index in [4.69, 9.17) is 5.73 Å². The van der Waals surface area contributed by atoms with Crippen LogP contribution >= 0.6 is 12.4 Å². The van der Waals surface area contributed by atoms with Crippen LogP contribution in [0.15, 0.2) is 59.5 Å². The lowest BCUT2D eigenvalue weighted by Gasteiger charge is -2.18. The molecule has 130 valence electrons. The van der Waals surface area contributed by atoms with Crippen molar-refractivity contribution in [2.45, 2.75) is 30.2 Å². The van der Waals surface area contributed by atoms with E-state index in [-0.39, 0.29) is 24.4 Å². The monoisotopic (exact) mass is 366 g/mol. The van der Waals surface area contributed by atoms with E-state index in [1.54, 1.807) is 12.1 Å². The zero-order valence-electron chi connectivity index (χ0n) is 13.6. The second-order valence-corrected chi connectivity index (χ2v) is 7.87. The normalized spacial score (nSPS) is 21.4. The minimum absolute atomic E-state index is 0. The topological polar surface area (TPSA) is 63.4 Å². The molecule has 1 aliphatic rings. The molecular formula is C18H23ClN2O2S. The van der Waals surface area contributed by atoms with E-state index in [0.717, 1.165) is 11.1 Å². The Morgan fingerprint density at radius 2 is 1.67 bits per heavy atom. The predicted octanol–water partition coefficient (Wildman–Crippen LogP) is 2.79. The quantitative estimate of drug-likeness (QED) is 0.904. The van der Waals surface area contributed by atoms with Gasteiger partial charge in [-0.1, -0.05) is 55.5 Å². The van der Waals surface area contributed by atoms with Gasteiger partial charge < -0.3 is 5.73 Å². The van der Waals surface area contributed by atoms with Crippen LogP contribution in [-0.4, -0.2) is 31.9 Å². The standard InChI is InChI=1S/C18H22N2O2S.ClH/c1-2-14-8-6-7-11-18(14)23(21,22)20-12-16(17(19)13-20)15-9-4-3-5-10-15;/h3-11,16-17H,2,12-13,19H2,1H3;1H/t16-,17+;/m0./s1. The molecule has 1 aliphatic heterocycles. The molecule has 0 spiro atoms. The number of nitrogens with zero attached hydrogens (tertiary/aromatic N) is 1. The number of nitrogens with two attached hydrogens (primary N) is 1.